The van der Waals surface area contributed by atoms with Gasteiger partial charge in [0.15, 0.2) is 0 Å². The van der Waals surface area contributed by atoms with Crippen molar-refractivity contribution in [2.24, 2.45) is 0 Å². The monoisotopic (exact) mass is 333 g/mol. The van der Waals surface area contributed by atoms with E-state index in [1.54, 1.807) is 17.4 Å². The fraction of sp³-hybridized carbons (Fsp3) is 0.100. The summed E-state index contributed by atoms with van der Waals surface area (Å²) in [5, 5.41) is 11.5. The van der Waals surface area contributed by atoms with Crippen LogP contribution in [0.4, 0.5) is 0 Å². The third-order valence-corrected chi connectivity index (χ3v) is 5.64. The number of para-hydroxylation sites is 1. The Labute approximate surface area is 143 Å². The molecular formula is C20H15NO2S. The van der Waals surface area contributed by atoms with Crippen molar-refractivity contribution in [3.05, 3.63) is 65.2 Å². The first kappa shape index (κ1) is 14.8. The molecule has 3 nitrogen and oxygen atoms in total. The summed E-state index contributed by atoms with van der Waals surface area (Å²) >= 11 is 1.66. The zero-order valence-corrected chi connectivity index (χ0v) is 14.1. The number of nitrogens with zero attached hydrogens (tertiary/aromatic N) is 1. The van der Waals surface area contributed by atoms with E-state index in [-0.39, 0.29) is 0 Å². The van der Waals surface area contributed by atoms with Crippen LogP contribution in [0.25, 0.3) is 31.6 Å². The molecule has 2 heterocycles. The van der Waals surface area contributed by atoms with E-state index in [4.69, 9.17) is 4.98 Å². The van der Waals surface area contributed by atoms with E-state index in [9.17, 15) is 9.90 Å². The van der Waals surface area contributed by atoms with Crippen LogP contribution in [-0.4, -0.2) is 16.1 Å². The molecule has 4 heteroatoms. The van der Waals surface area contributed by atoms with E-state index in [2.05, 4.69) is 19.1 Å². The van der Waals surface area contributed by atoms with Gasteiger partial charge >= 0.3 is 5.97 Å². The molecule has 1 N–H and O–H groups in total. The molecule has 0 aliphatic heterocycles. The standard InChI is InChI=1S/C20H15NO2S/c1-11-6-5-8-14-15(20(22)23)10-16(21-18(11)14)19-12(2)13-7-3-4-9-17(13)24-19/h3-10H,1-2H3,(H,22,23). The van der Waals surface area contributed by atoms with Gasteiger partial charge in [-0.2, -0.15) is 0 Å². The lowest BCUT2D eigenvalue weighted by Crippen LogP contribution is -2.01. The summed E-state index contributed by atoms with van der Waals surface area (Å²) in [6.45, 7) is 4.03. The minimum absolute atomic E-state index is 0.301. The van der Waals surface area contributed by atoms with Gasteiger partial charge in [0.1, 0.15) is 0 Å². The lowest BCUT2D eigenvalue weighted by molar-refractivity contribution is 0.0699. The van der Waals surface area contributed by atoms with Crippen LogP contribution < -0.4 is 0 Å². The molecule has 118 valence electrons. The molecular weight excluding hydrogens is 318 g/mol. The molecule has 0 saturated heterocycles. The predicted octanol–water partition coefficient (Wildman–Crippen LogP) is 5.43. The Morgan fingerprint density at radius 3 is 2.54 bits per heavy atom. The van der Waals surface area contributed by atoms with Gasteiger partial charge in [-0.05, 0) is 42.5 Å². The Morgan fingerprint density at radius 2 is 1.79 bits per heavy atom. The van der Waals surface area contributed by atoms with Gasteiger partial charge < -0.3 is 5.11 Å². The van der Waals surface area contributed by atoms with Crippen molar-refractivity contribution in [1.29, 1.82) is 0 Å². The topological polar surface area (TPSA) is 50.2 Å². The number of carboxylic acids is 1. The molecule has 0 fully saturated rings. The molecule has 2 aromatic heterocycles. The van der Waals surface area contributed by atoms with Crippen molar-refractivity contribution in [2.45, 2.75) is 13.8 Å². The lowest BCUT2D eigenvalue weighted by atomic mass is 10.0. The van der Waals surface area contributed by atoms with E-state index in [1.165, 1.54) is 10.1 Å². The zero-order valence-electron chi connectivity index (χ0n) is 13.3. The van der Waals surface area contributed by atoms with Gasteiger partial charge in [0.05, 0.1) is 21.7 Å². The summed E-state index contributed by atoms with van der Waals surface area (Å²) in [4.78, 5) is 17.6. The van der Waals surface area contributed by atoms with Gasteiger partial charge in [-0.25, -0.2) is 9.78 Å². The SMILES string of the molecule is Cc1c(-c2cc(C(=O)O)c3cccc(C)c3n2)sc2ccccc12. The van der Waals surface area contributed by atoms with E-state index in [1.807, 2.05) is 37.3 Å². The van der Waals surface area contributed by atoms with Crippen LogP contribution >= 0.6 is 11.3 Å². The summed E-state index contributed by atoms with van der Waals surface area (Å²) in [6.07, 6.45) is 0. The average Bonchev–Trinajstić information content (AvgIpc) is 2.92. The number of fused-ring (bicyclic) bond motifs is 2. The lowest BCUT2D eigenvalue weighted by Gasteiger charge is -2.08. The highest BCUT2D eigenvalue weighted by molar-refractivity contribution is 7.22. The Bertz CT molecular complexity index is 1110. The van der Waals surface area contributed by atoms with Crippen molar-refractivity contribution < 1.29 is 9.90 Å². The van der Waals surface area contributed by atoms with E-state index >= 15 is 0 Å². The van der Waals surface area contributed by atoms with Crippen molar-refractivity contribution in [3.8, 4) is 10.6 Å². The molecule has 0 unspecified atom stereocenters. The third kappa shape index (κ3) is 2.19. The van der Waals surface area contributed by atoms with Gasteiger partial charge in [-0.15, -0.1) is 11.3 Å². The Balaban J connectivity index is 2.07. The molecule has 0 atom stereocenters. The molecule has 0 aliphatic rings. The number of carbonyl (C=O) groups is 1. The minimum atomic E-state index is -0.923. The Kier molecular flexibility index (Phi) is 3.36. The van der Waals surface area contributed by atoms with E-state index in [0.29, 0.717) is 10.9 Å². The predicted molar refractivity (Wildman–Crippen MR) is 99.0 cm³/mol. The number of hydrogen-bond donors (Lipinski definition) is 1. The van der Waals surface area contributed by atoms with Gasteiger partial charge in [-0.1, -0.05) is 36.4 Å². The van der Waals surface area contributed by atoms with Gasteiger partial charge in [-0.3, -0.25) is 0 Å². The first-order valence-electron chi connectivity index (χ1n) is 7.68. The molecule has 24 heavy (non-hydrogen) atoms. The summed E-state index contributed by atoms with van der Waals surface area (Å²) < 4.78 is 1.19. The quantitative estimate of drug-likeness (QED) is 0.532. The molecule has 4 rings (SSSR count). The molecule has 4 aromatic rings. The second-order valence-corrected chi connectivity index (χ2v) is 6.94. The first-order valence-corrected chi connectivity index (χ1v) is 8.50. The average molecular weight is 333 g/mol. The van der Waals surface area contributed by atoms with Crippen LogP contribution in [0, 0.1) is 13.8 Å². The maximum Gasteiger partial charge on any atom is 0.336 e. The van der Waals surface area contributed by atoms with E-state index < -0.39 is 5.97 Å². The van der Waals surface area contributed by atoms with Crippen molar-refractivity contribution in [1.82, 2.24) is 4.98 Å². The fourth-order valence-corrected chi connectivity index (χ4v) is 4.27. The molecule has 0 radical (unpaired) electrons. The number of pyridine rings is 1. The molecule has 0 spiro atoms. The summed E-state index contributed by atoms with van der Waals surface area (Å²) in [6, 6.07) is 15.6. The van der Waals surface area contributed by atoms with Crippen LogP contribution in [0.15, 0.2) is 48.5 Å². The summed E-state index contributed by atoms with van der Waals surface area (Å²) in [5.41, 5.74) is 3.91. The highest BCUT2D eigenvalue weighted by Gasteiger charge is 2.17. The number of benzene rings is 2. The normalized spacial score (nSPS) is 11.2. The number of aryl methyl sites for hydroxylation is 2. The molecule has 0 amide bonds. The summed E-state index contributed by atoms with van der Waals surface area (Å²) in [5.74, 6) is -0.923. The maximum atomic E-state index is 11.7. The van der Waals surface area contributed by atoms with Crippen LogP contribution in [0.1, 0.15) is 21.5 Å². The zero-order chi connectivity index (χ0) is 16.8. The van der Waals surface area contributed by atoms with Crippen molar-refractivity contribution >= 4 is 38.3 Å². The van der Waals surface area contributed by atoms with Crippen LogP contribution in [-0.2, 0) is 0 Å². The second-order valence-electron chi connectivity index (χ2n) is 5.88. The number of carboxylic acid groups (broad SMARTS) is 1. The maximum absolute atomic E-state index is 11.7. The van der Waals surface area contributed by atoms with Gasteiger partial charge in [0, 0.05) is 10.1 Å². The second kappa shape index (κ2) is 5.42. The van der Waals surface area contributed by atoms with Gasteiger partial charge in [0.2, 0.25) is 0 Å². The first-order chi connectivity index (χ1) is 11.6. The number of thiophene rings is 1. The van der Waals surface area contributed by atoms with Crippen molar-refractivity contribution in [3.63, 3.8) is 0 Å². The minimum Gasteiger partial charge on any atom is -0.478 e. The number of aromatic carboxylic acids is 1. The molecule has 0 aliphatic carbocycles. The summed E-state index contributed by atoms with van der Waals surface area (Å²) in [7, 11) is 0. The number of rotatable bonds is 2. The number of hydrogen-bond acceptors (Lipinski definition) is 3. The fourth-order valence-electron chi connectivity index (χ4n) is 3.10. The molecule has 0 saturated carbocycles. The Hall–Kier alpha value is -2.72. The highest BCUT2D eigenvalue weighted by Crippen LogP contribution is 2.38. The van der Waals surface area contributed by atoms with Crippen molar-refractivity contribution in [2.75, 3.05) is 0 Å². The largest absolute Gasteiger partial charge is 0.478 e. The third-order valence-electron chi connectivity index (χ3n) is 4.35. The number of aromatic nitrogens is 1. The van der Waals surface area contributed by atoms with Crippen LogP contribution in [0.2, 0.25) is 0 Å². The molecule has 2 aromatic carbocycles. The Morgan fingerprint density at radius 1 is 1.04 bits per heavy atom. The van der Waals surface area contributed by atoms with Gasteiger partial charge in [0.25, 0.3) is 0 Å². The van der Waals surface area contributed by atoms with Crippen LogP contribution in [0.5, 0.6) is 0 Å². The van der Waals surface area contributed by atoms with E-state index in [0.717, 1.165) is 27.2 Å². The molecule has 0 bridgehead atoms. The van der Waals surface area contributed by atoms with Crippen LogP contribution in [0.3, 0.4) is 0 Å². The highest BCUT2D eigenvalue weighted by atomic mass is 32.1. The smallest absolute Gasteiger partial charge is 0.336 e.